The summed E-state index contributed by atoms with van der Waals surface area (Å²) in [6, 6.07) is 5.64. The van der Waals surface area contributed by atoms with Crippen LogP contribution in [0.3, 0.4) is 0 Å². The number of nitrogens with zero attached hydrogens (tertiary/aromatic N) is 3. The fraction of sp³-hybridized carbons (Fsp3) is 0.250. The highest BCUT2D eigenvalue weighted by Gasteiger charge is 2.33. The summed E-state index contributed by atoms with van der Waals surface area (Å²) in [6.45, 7) is -0.0168. The van der Waals surface area contributed by atoms with E-state index in [0.29, 0.717) is 5.82 Å². The third kappa shape index (κ3) is 5.72. The normalized spacial score (nSPS) is 12.7. The maximum absolute atomic E-state index is 12.9. The first-order chi connectivity index (χ1) is 11.3. The van der Waals surface area contributed by atoms with Gasteiger partial charge in [-0.25, -0.2) is 14.7 Å². The molecular formula is C12H12F3N6O2S-. The van der Waals surface area contributed by atoms with E-state index in [1.165, 1.54) is 6.20 Å². The van der Waals surface area contributed by atoms with Crippen LogP contribution in [0.2, 0.25) is 0 Å². The number of rotatable bonds is 7. The molecule has 0 radical (unpaired) electrons. The number of halogens is 3. The first-order valence-electron chi connectivity index (χ1n) is 6.55. The Morgan fingerprint density at radius 2 is 1.96 bits per heavy atom. The highest BCUT2D eigenvalue weighted by atomic mass is 32.2. The number of hydrogen-bond acceptors (Lipinski definition) is 7. The van der Waals surface area contributed by atoms with E-state index in [4.69, 9.17) is 0 Å². The van der Waals surface area contributed by atoms with Gasteiger partial charge in [-0.2, -0.15) is 18.2 Å². The number of hydrogen-bond donors (Lipinski definition) is 3. The fourth-order valence-corrected chi connectivity index (χ4v) is 1.88. The smallest absolute Gasteiger partial charge is 0.433 e. The van der Waals surface area contributed by atoms with E-state index >= 15 is 0 Å². The molecule has 0 aliphatic carbocycles. The monoisotopic (exact) mass is 361 g/mol. The molecule has 2 aromatic rings. The molecule has 130 valence electrons. The van der Waals surface area contributed by atoms with Crippen molar-refractivity contribution in [2.24, 2.45) is 0 Å². The van der Waals surface area contributed by atoms with Crippen molar-refractivity contribution in [1.82, 2.24) is 19.7 Å². The Bertz CT molecular complexity index is 701. The van der Waals surface area contributed by atoms with Gasteiger partial charge in [0, 0.05) is 36.6 Å². The third-order valence-electron chi connectivity index (χ3n) is 2.57. The van der Waals surface area contributed by atoms with E-state index < -0.39 is 23.1 Å². The van der Waals surface area contributed by atoms with E-state index in [2.05, 4.69) is 30.3 Å². The van der Waals surface area contributed by atoms with Crippen molar-refractivity contribution in [2.75, 3.05) is 23.7 Å². The number of nitrogens with one attached hydrogen (secondary N) is 3. The topological polar surface area (TPSA) is 115 Å². The predicted molar refractivity (Wildman–Crippen MR) is 80.0 cm³/mol. The maximum atomic E-state index is 12.9. The van der Waals surface area contributed by atoms with E-state index in [0.717, 1.165) is 6.07 Å². The molecule has 12 heteroatoms. The van der Waals surface area contributed by atoms with Crippen LogP contribution in [0.15, 0.2) is 30.5 Å². The predicted octanol–water partition coefficient (Wildman–Crippen LogP) is 1.43. The molecule has 2 aromatic heterocycles. The highest BCUT2D eigenvalue weighted by molar-refractivity contribution is 7.77. The van der Waals surface area contributed by atoms with Crippen LogP contribution in [0.1, 0.15) is 5.69 Å². The Balaban J connectivity index is 2.17. The maximum Gasteiger partial charge on any atom is 0.433 e. The lowest BCUT2D eigenvalue weighted by atomic mass is 10.3. The molecule has 0 saturated carbocycles. The summed E-state index contributed by atoms with van der Waals surface area (Å²) >= 11 is -2.45. The average Bonchev–Trinajstić information content (AvgIpc) is 2.51. The second-order valence-corrected chi connectivity index (χ2v) is 5.11. The lowest BCUT2D eigenvalue weighted by molar-refractivity contribution is -0.141. The largest absolute Gasteiger partial charge is 0.760 e. The molecular weight excluding hydrogens is 349 g/mol. The summed E-state index contributed by atoms with van der Waals surface area (Å²) in [7, 11) is 0. The van der Waals surface area contributed by atoms with Gasteiger partial charge in [0.25, 0.3) is 0 Å². The molecule has 24 heavy (non-hydrogen) atoms. The Labute approximate surface area is 137 Å². The molecule has 0 amide bonds. The molecule has 0 bridgehead atoms. The van der Waals surface area contributed by atoms with Crippen LogP contribution in [-0.2, 0) is 17.4 Å². The number of anilines is 3. The van der Waals surface area contributed by atoms with Gasteiger partial charge in [-0.1, -0.05) is 6.07 Å². The van der Waals surface area contributed by atoms with Crippen molar-refractivity contribution in [3.63, 3.8) is 0 Å². The fourth-order valence-electron chi connectivity index (χ4n) is 1.61. The number of pyridine rings is 1. The minimum absolute atomic E-state index is 0.0122. The molecule has 0 saturated heterocycles. The first-order valence-corrected chi connectivity index (χ1v) is 7.63. The second-order valence-electron chi connectivity index (χ2n) is 4.36. The summed E-state index contributed by atoms with van der Waals surface area (Å²) in [5.41, 5.74) is -1.14. The molecule has 0 aliphatic heterocycles. The van der Waals surface area contributed by atoms with E-state index in [9.17, 15) is 21.9 Å². The van der Waals surface area contributed by atoms with Crippen molar-refractivity contribution in [1.29, 1.82) is 0 Å². The molecule has 0 spiro atoms. The van der Waals surface area contributed by atoms with Gasteiger partial charge >= 0.3 is 6.18 Å². The highest BCUT2D eigenvalue weighted by Crippen LogP contribution is 2.30. The molecule has 0 fully saturated rings. The molecule has 3 N–H and O–H groups in total. The lowest BCUT2D eigenvalue weighted by Gasteiger charge is -2.13. The lowest BCUT2D eigenvalue weighted by Crippen LogP contribution is -2.24. The molecule has 1 unspecified atom stereocenters. The first kappa shape index (κ1) is 18.0. The van der Waals surface area contributed by atoms with Crippen LogP contribution in [0, 0.1) is 0 Å². The average molecular weight is 361 g/mol. The minimum atomic E-state index is -4.66. The van der Waals surface area contributed by atoms with Gasteiger partial charge in [0.1, 0.15) is 11.6 Å². The third-order valence-corrected chi connectivity index (χ3v) is 3.01. The van der Waals surface area contributed by atoms with Gasteiger partial charge in [0.2, 0.25) is 5.95 Å². The van der Waals surface area contributed by atoms with E-state index in [1.54, 1.807) is 18.2 Å². The summed E-state index contributed by atoms with van der Waals surface area (Å²) in [5.74, 6) is -0.0701. The molecule has 0 aliphatic rings. The van der Waals surface area contributed by atoms with Crippen molar-refractivity contribution >= 4 is 28.9 Å². The molecule has 8 nitrogen and oxygen atoms in total. The van der Waals surface area contributed by atoms with Crippen molar-refractivity contribution in [3.05, 3.63) is 36.2 Å². The Kier molecular flexibility index (Phi) is 6.00. The SMILES string of the molecule is O=S([O-])NCCNc1nc(Nc2ccccn2)cc(C(F)(F)F)n1. The number of aromatic nitrogens is 3. The summed E-state index contributed by atoms with van der Waals surface area (Å²) < 4.78 is 61.5. The van der Waals surface area contributed by atoms with Gasteiger partial charge in [0.15, 0.2) is 5.69 Å². The van der Waals surface area contributed by atoms with Crippen molar-refractivity contribution < 1.29 is 21.9 Å². The van der Waals surface area contributed by atoms with Gasteiger partial charge in [0.05, 0.1) is 0 Å². The van der Waals surface area contributed by atoms with E-state index in [-0.39, 0.29) is 24.9 Å². The summed E-state index contributed by atoms with van der Waals surface area (Å²) in [4.78, 5) is 11.2. The quantitative estimate of drug-likeness (QED) is 0.505. The zero-order chi connectivity index (χ0) is 17.6. The zero-order valence-electron chi connectivity index (χ0n) is 12.0. The van der Waals surface area contributed by atoms with Gasteiger partial charge in [-0.3, -0.25) is 4.21 Å². The van der Waals surface area contributed by atoms with Crippen LogP contribution in [-0.4, -0.2) is 36.8 Å². The van der Waals surface area contributed by atoms with Crippen LogP contribution >= 0.6 is 0 Å². The molecule has 0 aromatic carbocycles. The summed E-state index contributed by atoms with van der Waals surface area (Å²) in [6.07, 6.45) is -3.18. The molecule has 2 heterocycles. The van der Waals surface area contributed by atoms with E-state index in [1.807, 2.05) is 0 Å². The zero-order valence-corrected chi connectivity index (χ0v) is 12.8. The minimum Gasteiger partial charge on any atom is -0.760 e. The van der Waals surface area contributed by atoms with Gasteiger partial charge in [-0.05, 0) is 12.1 Å². The molecule has 2 rings (SSSR count). The number of alkyl halides is 3. The standard InChI is InChI=1S/C12H13F3N6O2S/c13-12(14,15)8-7-10(20-9-3-1-2-4-16-9)21-11(19-8)17-5-6-18-24(22)23/h1-4,7,18H,5-6H2,(H,22,23)(H2,16,17,19,20,21)/p-1. The van der Waals surface area contributed by atoms with Crippen LogP contribution < -0.4 is 15.4 Å². The van der Waals surface area contributed by atoms with Gasteiger partial charge in [-0.15, -0.1) is 0 Å². The van der Waals surface area contributed by atoms with Crippen LogP contribution in [0.25, 0.3) is 0 Å². The Morgan fingerprint density at radius 3 is 2.58 bits per heavy atom. The Hall–Kier alpha value is -2.31. The van der Waals surface area contributed by atoms with Crippen molar-refractivity contribution in [2.45, 2.75) is 6.18 Å². The van der Waals surface area contributed by atoms with Gasteiger partial charge < -0.3 is 15.2 Å². The van der Waals surface area contributed by atoms with Crippen molar-refractivity contribution in [3.8, 4) is 0 Å². The van der Waals surface area contributed by atoms with Crippen LogP contribution in [0.5, 0.6) is 0 Å². The molecule has 1 atom stereocenters. The second kappa shape index (κ2) is 7.99. The van der Waals surface area contributed by atoms with Crippen LogP contribution in [0.4, 0.5) is 30.8 Å². The summed E-state index contributed by atoms with van der Waals surface area (Å²) in [5, 5.41) is 5.17. The Morgan fingerprint density at radius 1 is 1.17 bits per heavy atom.